The third-order valence-corrected chi connectivity index (χ3v) is 8.02. The lowest BCUT2D eigenvalue weighted by atomic mass is 10.0. The molecule has 5 N–H and O–H groups in total. The minimum Gasteiger partial charge on any atom is -0.477 e. The SMILES string of the molecule is CO/N=C(\C(=O)N[C@@H]1C(=O)N2C(C(=O)O)=C(C[n+]3nn(CCO)c4ccccc43)CS[C@H]12)c1csc(N)n1. The van der Waals surface area contributed by atoms with Gasteiger partial charge in [-0.15, -0.1) is 32.5 Å². The summed E-state index contributed by atoms with van der Waals surface area (Å²) >= 11 is 2.46. The molecule has 0 aliphatic carbocycles. The number of carbonyl (C=O) groups excluding carboxylic acids is 2. The number of thioether (sulfide) groups is 1. The zero-order chi connectivity index (χ0) is 27.0. The third kappa shape index (κ3) is 4.46. The summed E-state index contributed by atoms with van der Waals surface area (Å²) in [7, 11) is 1.27. The Labute approximate surface area is 223 Å². The molecule has 0 saturated carbocycles. The molecule has 0 radical (unpaired) electrons. The number of β-lactam (4-membered cyclic amide) rings is 1. The van der Waals surface area contributed by atoms with Gasteiger partial charge in [0.1, 0.15) is 43.0 Å². The topological polar surface area (TPSA) is 189 Å². The Balaban J connectivity index is 1.39. The van der Waals surface area contributed by atoms with Crippen molar-refractivity contribution in [1.29, 1.82) is 0 Å². The molecule has 0 unspecified atom stereocenters. The first kappa shape index (κ1) is 25.6. The fourth-order valence-corrected chi connectivity index (χ4v) is 6.27. The van der Waals surface area contributed by atoms with Crippen LogP contribution in [0.5, 0.6) is 0 Å². The van der Waals surface area contributed by atoms with Crippen molar-refractivity contribution in [3.8, 4) is 0 Å². The van der Waals surface area contributed by atoms with Gasteiger partial charge in [0.25, 0.3) is 11.8 Å². The van der Waals surface area contributed by atoms with Crippen LogP contribution in [0.15, 0.2) is 46.1 Å². The number of hydrogen-bond acceptors (Lipinski definition) is 11. The van der Waals surface area contributed by atoms with Crippen molar-refractivity contribution in [2.45, 2.75) is 24.5 Å². The number of benzene rings is 1. The molecule has 4 heterocycles. The second kappa shape index (κ2) is 10.4. The Morgan fingerprint density at radius 2 is 2.16 bits per heavy atom. The van der Waals surface area contributed by atoms with Gasteiger partial charge in [-0.1, -0.05) is 17.3 Å². The van der Waals surface area contributed by atoms with E-state index in [0.717, 1.165) is 22.4 Å². The molecule has 16 heteroatoms. The largest absolute Gasteiger partial charge is 0.477 e. The van der Waals surface area contributed by atoms with E-state index in [1.165, 1.54) is 29.2 Å². The summed E-state index contributed by atoms with van der Waals surface area (Å²) in [5.41, 5.74) is 7.63. The lowest BCUT2D eigenvalue weighted by Crippen LogP contribution is -2.71. The van der Waals surface area contributed by atoms with Gasteiger partial charge in [0.15, 0.2) is 21.9 Å². The van der Waals surface area contributed by atoms with Crippen molar-refractivity contribution in [3.63, 3.8) is 0 Å². The van der Waals surface area contributed by atoms with Crippen molar-refractivity contribution in [3.05, 3.63) is 46.6 Å². The molecule has 1 fully saturated rings. The monoisotopic (exact) mass is 559 g/mol. The molecular weight excluding hydrogens is 536 g/mol. The standard InChI is InChI=1S/C22H22N8O6S2/c1-36-26-15(12-10-38-22(23)24-12)18(32)25-16-19(33)30-17(21(34)35)11(9-37-20(16)30)8-29-14-5-3-2-4-13(14)28(27-29)6-7-31/h2-5,10,16,20,31H,6-9H2,1H3,(H3-,23,24,25,32,34,35)/p+1/b26-15-/t16-,20-/m1/s1. The smallest absolute Gasteiger partial charge is 0.352 e. The van der Waals surface area contributed by atoms with Crippen LogP contribution in [-0.4, -0.2) is 84.4 Å². The molecule has 2 aliphatic heterocycles. The number of anilines is 1. The number of carboxylic acids is 1. The first-order chi connectivity index (χ1) is 18.3. The highest BCUT2D eigenvalue weighted by Gasteiger charge is 2.54. The molecule has 198 valence electrons. The Morgan fingerprint density at radius 3 is 2.84 bits per heavy atom. The molecule has 2 atom stereocenters. The zero-order valence-electron chi connectivity index (χ0n) is 20.0. The number of carbonyl (C=O) groups is 3. The van der Waals surface area contributed by atoms with E-state index in [-0.39, 0.29) is 41.9 Å². The summed E-state index contributed by atoms with van der Waals surface area (Å²) in [4.78, 5) is 48.3. The molecule has 14 nitrogen and oxygen atoms in total. The summed E-state index contributed by atoms with van der Waals surface area (Å²) < 4.78 is 3.30. The van der Waals surface area contributed by atoms with Crippen LogP contribution in [0.4, 0.5) is 5.13 Å². The number of amides is 2. The molecule has 3 aromatic rings. The number of aliphatic carboxylic acids is 1. The molecule has 0 spiro atoms. The quantitative estimate of drug-likeness (QED) is 0.111. The second-order valence-corrected chi connectivity index (χ2v) is 10.3. The average Bonchev–Trinajstić information content (AvgIpc) is 3.49. The van der Waals surface area contributed by atoms with Crippen molar-refractivity contribution in [2.75, 3.05) is 25.2 Å². The van der Waals surface area contributed by atoms with Crippen molar-refractivity contribution < 1.29 is 34.1 Å². The van der Waals surface area contributed by atoms with Gasteiger partial charge in [-0.2, -0.15) is 0 Å². The first-order valence-corrected chi connectivity index (χ1v) is 13.3. The fourth-order valence-electron chi connectivity index (χ4n) is 4.39. The zero-order valence-corrected chi connectivity index (χ0v) is 21.6. The molecule has 2 aromatic heterocycles. The van der Waals surface area contributed by atoms with Crippen LogP contribution < -0.4 is 15.7 Å². The highest BCUT2D eigenvalue weighted by Crippen LogP contribution is 2.40. The fraction of sp³-hybridized carbons (Fsp3) is 0.318. The van der Waals surface area contributed by atoms with E-state index in [1.54, 1.807) is 9.36 Å². The van der Waals surface area contributed by atoms with Crippen LogP contribution in [-0.2, 0) is 32.3 Å². The minimum atomic E-state index is -1.25. The highest BCUT2D eigenvalue weighted by molar-refractivity contribution is 8.00. The lowest BCUT2D eigenvalue weighted by Gasteiger charge is -2.49. The number of aromatic nitrogens is 4. The van der Waals surface area contributed by atoms with Gasteiger partial charge >= 0.3 is 5.97 Å². The molecule has 2 amide bonds. The number of nitrogens with two attached hydrogens (primary N) is 1. The Morgan fingerprint density at radius 1 is 1.37 bits per heavy atom. The maximum Gasteiger partial charge on any atom is 0.352 e. The van der Waals surface area contributed by atoms with Crippen LogP contribution in [0, 0.1) is 0 Å². The maximum atomic E-state index is 13.1. The second-order valence-electron chi connectivity index (χ2n) is 8.29. The van der Waals surface area contributed by atoms with Crippen LogP contribution in [0.25, 0.3) is 11.0 Å². The minimum absolute atomic E-state index is 0.103. The van der Waals surface area contributed by atoms with Gasteiger partial charge in [-0.05, 0) is 12.1 Å². The van der Waals surface area contributed by atoms with Gasteiger partial charge in [0, 0.05) is 16.7 Å². The van der Waals surface area contributed by atoms with Gasteiger partial charge < -0.3 is 26.1 Å². The van der Waals surface area contributed by atoms with Crippen molar-refractivity contribution in [2.24, 2.45) is 5.16 Å². The normalized spacial score (nSPS) is 19.4. The molecule has 2 aliphatic rings. The van der Waals surface area contributed by atoms with Gasteiger partial charge in [0.05, 0.1) is 11.8 Å². The number of thiazole rings is 1. The molecule has 0 bridgehead atoms. The number of carboxylic acid groups (broad SMARTS) is 1. The number of oxime groups is 1. The van der Waals surface area contributed by atoms with Crippen LogP contribution in [0.2, 0.25) is 0 Å². The average molecular weight is 560 g/mol. The number of fused-ring (bicyclic) bond motifs is 2. The molecule has 5 rings (SSSR count). The summed E-state index contributed by atoms with van der Waals surface area (Å²) in [6, 6.07) is 6.45. The Hall–Kier alpha value is -4.02. The van der Waals surface area contributed by atoms with E-state index in [1.807, 2.05) is 24.3 Å². The van der Waals surface area contributed by atoms with Gasteiger partial charge in [-0.25, -0.2) is 9.78 Å². The van der Waals surface area contributed by atoms with E-state index in [4.69, 9.17) is 10.6 Å². The summed E-state index contributed by atoms with van der Waals surface area (Å²) in [6.45, 7) is 0.314. The van der Waals surface area contributed by atoms with E-state index in [2.05, 4.69) is 20.7 Å². The number of rotatable bonds is 9. The summed E-state index contributed by atoms with van der Waals surface area (Å²) in [5.74, 6) is -2.19. The lowest BCUT2D eigenvalue weighted by molar-refractivity contribution is -0.725. The maximum absolute atomic E-state index is 13.1. The molecular formula is C22H23N8O6S2+. The number of hydrogen-bond donors (Lipinski definition) is 4. The van der Waals surface area contributed by atoms with Crippen molar-refractivity contribution in [1.82, 2.24) is 25.1 Å². The molecule has 38 heavy (non-hydrogen) atoms. The number of nitrogens with one attached hydrogen (secondary N) is 1. The van der Waals surface area contributed by atoms with E-state index >= 15 is 0 Å². The first-order valence-electron chi connectivity index (χ1n) is 11.3. The Bertz CT molecular complexity index is 1500. The van der Waals surface area contributed by atoms with Crippen molar-refractivity contribution >= 4 is 62.8 Å². The van der Waals surface area contributed by atoms with Gasteiger partial charge in [-0.3, -0.25) is 14.5 Å². The summed E-state index contributed by atoms with van der Waals surface area (Å²) in [6.07, 6.45) is 0. The van der Waals surface area contributed by atoms with E-state index in [9.17, 15) is 24.6 Å². The number of nitrogens with zero attached hydrogens (tertiary/aromatic N) is 6. The van der Waals surface area contributed by atoms with Crippen LogP contribution >= 0.6 is 23.1 Å². The molecule has 1 aromatic carbocycles. The molecule has 1 saturated heterocycles. The predicted molar refractivity (Wildman–Crippen MR) is 137 cm³/mol. The number of para-hydroxylation sites is 2. The summed E-state index contributed by atoms with van der Waals surface area (Å²) in [5, 5.41) is 31.4. The third-order valence-electron chi connectivity index (χ3n) is 6.00. The Kier molecular flexibility index (Phi) is 7.00. The number of nitrogen functional groups attached to an aromatic ring is 1. The van der Waals surface area contributed by atoms with Crippen LogP contribution in [0.3, 0.4) is 0 Å². The van der Waals surface area contributed by atoms with E-state index < -0.39 is 29.2 Å². The van der Waals surface area contributed by atoms with E-state index in [0.29, 0.717) is 11.3 Å². The number of aliphatic hydroxyl groups excluding tert-OH is 1. The van der Waals surface area contributed by atoms with Crippen LogP contribution in [0.1, 0.15) is 5.69 Å². The van der Waals surface area contributed by atoms with Gasteiger partial charge in [0.2, 0.25) is 0 Å². The predicted octanol–water partition coefficient (Wildman–Crippen LogP) is -0.856. The number of aliphatic hydroxyl groups is 1. The highest BCUT2D eigenvalue weighted by atomic mass is 32.2.